The van der Waals surface area contributed by atoms with Crippen molar-refractivity contribution in [2.24, 2.45) is 10.2 Å². The number of phenols is 1. The van der Waals surface area contributed by atoms with E-state index in [2.05, 4.69) is 24.9 Å². The number of rotatable bonds is 3. The zero-order valence-electron chi connectivity index (χ0n) is 12.4. The number of fused-ring (bicyclic) bond motifs is 1. The molecule has 1 heterocycles. The van der Waals surface area contributed by atoms with Gasteiger partial charge in [0.2, 0.25) is 11.0 Å². The van der Waals surface area contributed by atoms with Crippen molar-refractivity contribution in [1.29, 1.82) is 0 Å². The number of nitrogens with zero attached hydrogens (tertiary/aromatic N) is 4. The Kier molecular flexibility index (Phi) is 3.98. The highest BCUT2D eigenvalue weighted by atomic mass is 32.1. The van der Waals surface area contributed by atoms with Gasteiger partial charge in [-0.25, -0.2) is 4.98 Å². The summed E-state index contributed by atoms with van der Waals surface area (Å²) in [5, 5.41) is 22.7. The van der Waals surface area contributed by atoms with E-state index in [4.69, 9.17) is 0 Å². The molecule has 23 heavy (non-hydrogen) atoms. The van der Waals surface area contributed by atoms with Gasteiger partial charge in [-0.3, -0.25) is 4.79 Å². The SMILES string of the molecule is CC(=O)Nc1cccc2c(O)ccc(/N=N/c3nc(C)ns3)c12. The van der Waals surface area contributed by atoms with Crippen molar-refractivity contribution in [3.05, 3.63) is 36.2 Å². The lowest BCUT2D eigenvalue weighted by Crippen LogP contribution is -2.06. The average molecular weight is 327 g/mol. The zero-order chi connectivity index (χ0) is 16.4. The van der Waals surface area contributed by atoms with E-state index in [0.29, 0.717) is 33.1 Å². The molecule has 0 fully saturated rings. The molecule has 2 aromatic carbocycles. The quantitative estimate of drug-likeness (QED) is 0.708. The van der Waals surface area contributed by atoms with Crippen LogP contribution in [-0.4, -0.2) is 20.4 Å². The molecule has 0 radical (unpaired) electrons. The van der Waals surface area contributed by atoms with E-state index in [1.165, 1.54) is 6.92 Å². The highest BCUT2D eigenvalue weighted by Crippen LogP contribution is 2.38. The second-order valence-corrected chi connectivity index (χ2v) is 5.57. The first-order valence-electron chi connectivity index (χ1n) is 6.79. The van der Waals surface area contributed by atoms with Gasteiger partial charge in [0.15, 0.2) is 0 Å². The lowest BCUT2D eigenvalue weighted by Gasteiger charge is -2.10. The van der Waals surface area contributed by atoms with E-state index in [1.54, 1.807) is 37.3 Å². The summed E-state index contributed by atoms with van der Waals surface area (Å²) in [4.78, 5) is 15.5. The minimum absolute atomic E-state index is 0.109. The Bertz CT molecular complexity index is 919. The molecule has 3 aromatic rings. The van der Waals surface area contributed by atoms with Crippen LogP contribution in [-0.2, 0) is 4.79 Å². The molecule has 0 saturated heterocycles. The molecule has 3 rings (SSSR count). The summed E-state index contributed by atoms with van der Waals surface area (Å²) >= 11 is 1.15. The van der Waals surface area contributed by atoms with Gasteiger partial charge in [0, 0.05) is 29.2 Å². The molecule has 1 amide bonds. The van der Waals surface area contributed by atoms with Crippen LogP contribution >= 0.6 is 11.5 Å². The number of aromatic nitrogens is 2. The fraction of sp³-hybridized carbons (Fsp3) is 0.133. The van der Waals surface area contributed by atoms with Gasteiger partial charge in [-0.2, -0.15) is 4.37 Å². The number of aromatic hydroxyl groups is 1. The molecule has 8 heteroatoms. The summed E-state index contributed by atoms with van der Waals surface area (Å²) in [7, 11) is 0. The number of aryl methyl sites for hydroxylation is 1. The van der Waals surface area contributed by atoms with Crippen LogP contribution in [0.15, 0.2) is 40.6 Å². The Morgan fingerprint density at radius 1 is 1.26 bits per heavy atom. The first kappa shape index (κ1) is 15.0. The Morgan fingerprint density at radius 3 is 2.78 bits per heavy atom. The van der Waals surface area contributed by atoms with Crippen molar-refractivity contribution >= 4 is 44.7 Å². The summed E-state index contributed by atoms with van der Waals surface area (Å²) in [5.74, 6) is 0.542. The van der Waals surface area contributed by atoms with Crippen LogP contribution in [0, 0.1) is 6.92 Å². The average Bonchev–Trinajstić information content (AvgIpc) is 2.92. The third-order valence-corrected chi connectivity index (χ3v) is 3.76. The molecule has 2 N–H and O–H groups in total. The van der Waals surface area contributed by atoms with Crippen LogP contribution in [0.5, 0.6) is 5.75 Å². The van der Waals surface area contributed by atoms with E-state index in [9.17, 15) is 9.90 Å². The Labute approximate surface area is 135 Å². The highest BCUT2D eigenvalue weighted by molar-refractivity contribution is 7.09. The van der Waals surface area contributed by atoms with Crippen LogP contribution in [0.25, 0.3) is 10.8 Å². The van der Waals surface area contributed by atoms with Crippen LogP contribution in [0.2, 0.25) is 0 Å². The van der Waals surface area contributed by atoms with Gasteiger partial charge in [0.05, 0.1) is 11.4 Å². The molecule has 0 bridgehead atoms. The molecule has 0 unspecified atom stereocenters. The molecule has 0 aliphatic heterocycles. The lowest BCUT2D eigenvalue weighted by atomic mass is 10.1. The number of phenolic OH excluding ortho intramolecular Hbond substituents is 1. The largest absolute Gasteiger partial charge is 0.507 e. The standard InChI is InChI=1S/C15H13N5O2S/c1-8-16-15(23-20-8)19-18-12-6-7-13(22)10-4-3-5-11(14(10)12)17-9(2)21/h3-7,22H,1-2H3,(H,17,21)/b19-18+. The number of carbonyl (C=O) groups is 1. The van der Waals surface area contributed by atoms with Crippen LogP contribution in [0.3, 0.4) is 0 Å². The smallest absolute Gasteiger partial charge is 0.249 e. The maximum atomic E-state index is 11.4. The van der Waals surface area contributed by atoms with Gasteiger partial charge in [0.25, 0.3) is 0 Å². The van der Waals surface area contributed by atoms with Gasteiger partial charge in [-0.05, 0) is 25.1 Å². The molecule has 7 nitrogen and oxygen atoms in total. The second kappa shape index (κ2) is 6.09. The van der Waals surface area contributed by atoms with Gasteiger partial charge in [-0.1, -0.05) is 12.1 Å². The third kappa shape index (κ3) is 3.16. The summed E-state index contributed by atoms with van der Waals surface area (Å²) in [5.41, 5.74) is 1.09. The van der Waals surface area contributed by atoms with E-state index < -0.39 is 0 Å². The van der Waals surface area contributed by atoms with E-state index >= 15 is 0 Å². The van der Waals surface area contributed by atoms with E-state index in [-0.39, 0.29) is 11.7 Å². The number of nitrogens with one attached hydrogen (secondary N) is 1. The predicted molar refractivity (Wildman–Crippen MR) is 88.7 cm³/mol. The number of hydrogen-bond donors (Lipinski definition) is 2. The summed E-state index contributed by atoms with van der Waals surface area (Å²) in [6.07, 6.45) is 0. The number of azo groups is 1. The van der Waals surface area contributed by atoms with Crippen molar-refractivity contribution in [2.75, 3.05) is 5.32 Å². The maximum Gasteiger partial charge on any atom is 0.249 e. The number of benzene rings is 2. The fourth-order valence-corrected chi connectivity index (χ4v) is 2.68. The molecule has 0 atom stereocenters. The first-order valence-corrected chi connectivity index (χ1v) is 7.56. The van der Waals surface area contributed by atoms with Crippen LogP contribution < -0.4 is 5.32 Å². The molecular weight excluding hydrogens is 314 g/mol. The Hall–Kier alpha value is -2.87. The van der Waals surface area contributed by atoms with Gasteiger partial charge in [0.1, 0.15) is 11.6 Å². The summed E-state index contributed by atoms with van der Waals surface area (Å²) in [6, 6.07) is 8.43. The zero-order valence-corrected chi connectivity index (χ0v) is 13.3. The van der Waals surface area contributed by atoms with Crippen molar-refractivity contribution in [3.63, 3.8) is 0 Å². The Balaban J connectivity index is 2.14. The van der Waals surface area contributed by atoms with Crippen LogP contribution in [0.4, 0.5) is 16.5 Å². The molecule has 0 saturated carbocycles. The van der Waals surface area contributed by atoms with Crippen molar-refractivity contribution in [2.45, 2.75) is 13.8 Å². The molecular formula is C15H13N5O2S. The molecule has 0 spiro atoms. The van der Waals surface area contributed by atoms with Gasteiger partial charge >= 0.3 is 0 Å². The second-order valence-electron chi connectivity index (χ2n) is 4.84. The number of anilines is 1. The van der Waals surface area contributed by atoms with Gasteiger partial charge < -0.3 is 10.4 Å². The van der Waals surface area contributed by atoms with Crippen molar-refractivity contribution in [1.82, 2.24) is 9.36 Å². The highest BCUT2D eigenvalue weighted by Gasteiger charge is 2.11. The molecule has 116 valence electrons. The topological polar surface area (TPSA) is 99.8 Å². The van der Waals surface area contributed by atoms with Crippen molar-refractivity contribution < 1.29 is 9.90 Å². The van der Waals surface area contributed by atoms with Crippen molar-refractivity contribution in [3.8, 4) is 5.75 Å². The third-order valence-electron chi connectivity index (χ3n) is 3.07. The molecule has 1 aromatic heterocycles. The minimum Gasteiger partial charge on any atom is -0.507 e. The molecule has 0 aliphatic rings. The monoisotopic (exact) mass is 327 g/mol. The maximum absolute atomic E-state index is 11.4. The predicted octanol–water partition coefficient (Wildman–Crippen LogP) is 4.08. The minimum atomic E-state index is -0.205. The number of amides is 1. The number of hydrogen-bond acceptors (Lipinski definition) is 7. The summed E-state index contributed by atoms with van der Waals surface area (Å²) < 4.78 is 4.04. The fourth-order valence-electron chi connectivity index (χ4n) is 2.17. The summed E-state index contributed by atoms with van der Waals surface area (Å²) in [6.45, 7) is 3.20. The Morgan fingerprint density at radius 2 is 2.09 bits per heavy atom. The normalized spacial score (nSPS) is 11.2. The number of carbonyl (C=O) groups excluding carboxylic acids is 1. The van der Waals surface area contributed by atoms with Crippen LogP contribution in [0.1, 0.15) is 12.7 Å². The van der Waals surface area contributed by atoms with Gasteiger partial charge in [-0.15, -0.1) is 10.2 Å². The van der Waals surface area contributed by atoms with E-state index in [1.807, 2.05) is 0 Å². The van der Waals surface area contributed by atoms with E-state index in [0.717, 1.165) is 11.5 Å². The first-order chi connectivity index (χ1) is 11.0. The molecule has 0 aliphatic carbocycles. The lowest BCUT2D eigenvalue weighted by molar-refractivity contribution is -0.114.